The summed E-state index contributed by atoms with van der Waals surface area (Å²) in [4.78, 5) is 34.6. The van der Waals surface area contributed by atoms with Crippen LogP contribution in [0.2, 0.25) is 0 Å². The summed E-state index contributed by atoms with van der Waals surface area (Å²) in [5.74, 6) is 0.397. The van der Waals surface area contributed by atoms with Gasteiger partial charge in [0.25, 0.3) is 0 Å². The van der Waals surface area contributed by atoms with Gasteiger partial charge in [0.1, 0.15) is 12.1 Å². The molecule has 0 spiro atoms. The highest BCUT2D eigenvalue weighted by atomic mass is 16.5. The van der Waals surface area contributed by atoms with Gasteiger partial charge in [0.05, 0.1) is 23.9 Å². The molecule has 2 aromatic carbocycles. The summed E-state index contributed by atoms with van der Waals surface area (Å²) in [5.41, 5.74) is 3.62. The number of aromatic nitrogens is 2. The zero-order valence-electron chi connectivity index (χ0n) is 17.1. The molecule has 4 rings (SSSR count). The number of hydrogen-bond donors (Lipinski definition) is 1. The molecule has 3 aromatic rings. The molecule has 1 aromatic heterocycles. The van der Waals surface area contributed by atoms with E-state index in [0.717, 1.165) is 52.9 Å². The van der Waals surface area contributed by atoms with Crippen LogP contribution < -0.4 is 10.2 Å². The molecule has 0 bridgehead atoms. The van der Waals surface area contributed by atoms with E-state index >= 15 is 0 Å². The van der Waals surface area contributed by atoms with E-state index in [1.807, 2.05) is 42.5 Å². The molecule has 1 unspecified atom stereocenters. The van der Waals surface area contributed by atoms with Gasteiger partial charge in [-0.15, -0.1) is 0 Å². The molecule has 2 heterocycles. The van der Waals surface area contributed by atoms with Gasteiger partial charge in [0, 0.05) is 25.7 Å². The number of nitrogens with zero attached hydrogens (tertiary/aromatic N) is 3. The van der Waals surface area contributed by atoms with Crippen LogP contribution >= 0.6 is 0 Å². The van der Waals surface area contributed by atoms with Crippen molar-refractivity contribution in [3.63, 3.8) is 0 Å². The number of ether oxygens (including phenoxy) is 1. The smallest absolute Gasteiger partial charge is 0.310 e. The van der Waals surface area contributed by atoms with Crippen LogP contribution in [0.4, 0.5) is 11.5 Å². The van der Waals surface area contributed by atoms with Gasteiger partial charge in [0.15, 0.2) is 0 Å². The largest absolute Gasteiger partial charge is 0.469 e. The lowest BCUT2D eigenvalue weighted by atomic mass is 9.96. The molecule has 1 fully saturated rings. The summed E-state index contributed by atoms with van der Waals surface area (Å²) in [5, 5.41) is 3.75. The first kappa shape index (κ1) is 19.8. The van der Waals surface area contributed by atoms with E-state index in [0.29, 0.717) is 6.54 Å². The minimum Gasteiger partial charge on any atom is -0.469 e. The Labute approximate surface area is 175 Å². The number of esters is 1. The predicted molar refractivity (Wildman–Crippen MR) is 116 cm³/mol. The third-order valence-corrected chi connectivity index (χ3v) is 5.41. The van der Waals surface area contributed by atoms with Crippen molar-refractivity contribution in [3.8, 4) is 11.1 Å². The molecular weight excluding hydrogens is 380 g/mol. The number of rotatable bonds is 4. The number of nitrogens with one attached hydrogen (secondary N) is 1. The van der Waals surface area contributed by atoms with Crippen LogP contribution in [-0.2, 0) is 14.3 Å². The fourth-order valence-corrected chi connectivity index (χ4v) is 4.04. The van der Waals surface area contributed by atoms with Crippen LogP contribution in [0.15, 0.2) is 48.8 Å². The minimum absolute atomic E-state index is 0.103. The Kier molecular flexibility index (Phi) is 5.61. The quantitative estimate of drug-likeness (QED) is 0.669. The van der Waals surface area contributed by atoms with E-state index in [4.69, 9.17) is 4.74 Å². The van der Waals surface area contributed by atoms with Crippen molar-refractivity contribution < 1.29 is 14.3 Å². The summed E-state index contributed by atoms with van der Waals surface area (Å²) in [7, 11) is 1.43. The molecule has 1 aliphatic heterocycles. The summed E-state index contributed by atoms with van der Waals surface area (Å²) < 4.78 is 4.96. The van der Waals surface area contributed by atoms with E-state index in [9.17, 15) is 9.59 Å². The van der Waals surface area contributed by atoms with Gasteiger partial charge >= 0.3 is 5.97 Å². The first-order valence-corrected chi connectivity index (χ1v) is 10.0. The molecule has 0 saturated carbocycles. The molecule has 1 saturated heterocycles. The Balaban J connectivity index is 1.75. The van der Waals surface area contributed by atoms with Crippen LogP contribution in [0.5, 0.6) is 0 Å². The monoisotopic (exact) mass is 404 g/mol. The molecule has 154 valence electrons. The van der Waals surface area contributed by atoms with Crippen molar-refractivity contribution in [3.05, 3.63) is 48.8 Å². The van der Waals surface area contributed by atoms with Crippen molar-refractivity contribution in [2.45, 2.75) is 19.8 Å². The van der Waals surface area contributed by atoms with Gasteiger partial charge in [-0.2, -0.15) is 0 Å². The van der Waals surface area contributed by atoms with Gasteiger partial charge in [0.2, 0.25) is 5.91 Å². The molecule has 1 amide bonds. The standard InChI is InChI=1S/C23H24N4O3/c1-15(28)26-18-10-8-16(9-11-18)19-6-3-7-20-21(19)22(25-14-24-20)27-12-4-5-17(13-27)23(29)30-2/h3,6-11,14,17H,4-5,12-13H2,1-2H3,(H,26,28). The number of methoxy groups -OCH3 is 1. The number of amides is 1. The zero-order chi connectivity index (χ0) is 21.1. The van der Waals surface area contributed by atoms with E-state index < -0.39 is 0 Å². The zero-order valence-corrected chi connectivity index (χ0v) is 17.1. The Morgan fingerprint density at radius 1 is 1.13 bits per heavy atom. The fourth-order valence-electron chi connectivity index (χ4n) is 4.04. The van der Waals surface area contributed by atoms with Crippen molar-refractivity contribution in [2.24, 2.45) is 5.92 Å². The Morgan fingerprint density at radius 2 is 1.93 bits per heavy atom. The van der Waals surface area contributed by atoms with Crippen LogP contribution in [-0.4, -0.2) is 42.0 Å². The topological polar surface area (TPSA) is 84.4 Å². The molecule has 0 aliphatic carbocycles. The van der Waals surface area contributed by atoms with Crippen molar-refractivity contribution in [2.75, 3.05) is 30.4 Å². The first-order chi connectivity index (χ1) is 14.6. The van der Waals surface area contributed by atoms with Crippen molar-refractivity contribution in [1.82, 2.24) is 9.97 Å². The maximum Gasteiger partial charge on any atom is 0.310 e. The molecule has 1 atom stereocenters. The van der Waals surface area contributed by atoms with Crippen molar-refractivity contribution >= 4 is 34.3 Å². The van der Waals surface area contributed by atoms with E-state index in [2.05, 4.69) is 20.2 Å². The molecule has 0 radical (unpaired) electrons. The summed E-state index contributed by atoms with van der Waals surface area (Å²) in [6, 6.07) is 13.7. The Hall–Kier alpha value is -3.48. The maximum absolute atomic E-state index is 12.1. The molecule has 7 nitrogen and oxygen atoms in total. The first-order valence-electron chi connectivity index (χ1n) is 10.0. The summed E-state index contributed by atoms with van der Waals surface area (Å²) in [6.07, 6.45) is 3.30. The second-order valence-electron chi connectivity index (χ2n) is 7.46. The normalized spacial score (nSPS) is 16.3. The van der Waals surface area contributed by atoms with Crippen LogP contribution in [0.25, 0.3) is 22.0 Å². The molecule has 7 heteroatoms. The summed E-state index contributed by atoms with van der Waals surface area (Å²) in [6.45, 7) is 2.90. The highest BCUT2D eigenvalue weighted by Crippen LogP contribution is 2.35. The molecule has 30 heavy (non-hydrogen) atoms. The SMILES string of the molecule is COC(=O)C1CCCN(c2ncnc3cccc(-c4ccc(NC(C)=O)cc4)c23)C1. The predicted octanol–water partition coefficient (Wildman–Crippen LogP) is 3.64. The number of fused-ring (bicyclic) bond motifs is 1. The third-order valence-electron chi connectivity index (χ3n) is 5.41. The van der Waals surface area contributed by atoms with Gasteiger partial charge in [-0.25, -0.2) is 9.97 Å². The number of hydrogen-bond acceptors (Lipinski definition) is 6. The maximum atomic E-state index is 12.1. The summed E-state index contributed by atoms with van der Waals surface area (Å²) >= 11 is 0. The lowest BCUT2D eigenvalue weighted by molar-refractivity contribution is -0.145. The lowest BCUT2D eigenvalue weighted by Crippen LogP contribution is -2.39. The number of anilines is 2. The van der Waals surface area contributed by atoms with Gasteiger partial charge in [-0.1, -0.05) is 24.3 Å². The third kappa shape index (κ3) is 3.96. The fraction of sp³-hybridized carbons (Fsp3) is 0.304. The molecule has 1 aliphatic rings. The minimum atomic E-state index is -0.174. The second-order valence-corrected chi connectivity index (χ2v) is 7.46. The lowest BCUT2D eigenvalue weighted by Gasteiger charge is -2.33. The Morgan fingerprint density at radius 3 is 2.67 bits per heavy atom. The Bertz CT molecular complexity index is 1080. The average Bonchev–Trinajstić information content (AvgIpc) is 2.78. The van der Waals surface area contributed by atoms with Crippen LogP contribution in [0, 0.1) is 5.92 Å². The molecular formula is C23H24N4O3. The molecule has 1 N–H and O–H groups in total. The van der Waals surface area contributed by atoms with Crippen LogP contribution in [0.3, 0.4) is 0 Å². The van der Waals surface area contributed by atoms with Crippen molar-refractivity contribution in [1.29, 1.82) is 0 Å². The van der Waals surface area contributed by atoms with Gasteiger partial charge < -0.3 is 15.0 Å². The number of piperidine rings is 1. The van der Waals surface area contributed by atoms with Gasteiger partial charge in [-0.3, -0.25) is 9.59 Å². The number of benzene rings is 2. The van der Waals surface area contributed by atoms with E-state index in [1.54, 1.807) is 6.33 Å². The van der Waals surface area contributed by atoms with Gasteiger partial charge in [-0.05, 0) is 42.2 Å². The highest BCUT2D eigenvalue weighted by molar-refractivity contribution is 6.02. The number of carbonyl (C=O) groups excluding carboxylic acids is 2. The van der Waals surface area contributed by atoms with E-state index in [-0.39, 0.29) is 17.8 Å². The van der Waals surface area contributed by atoms with E-state index in [1.165, 1.54) is 14.0 Å². The second kappa shape index (κ2) is 8.49. The number of carbonyl (C=O) groups is 2. The van der Waals surface area contributed by atoms with Crippen LogP contribution in [0.1, 0.15) is 19.8 Å². The average molecular weight is 404 g/mol. The highest BCUT2D eigenvalue weighted by Gasteiger charge is 2.28.